The van der Waals surface area contributed by atoms with Crippen LogP contribution in [0.4, 0.5) is 0 Å². The quantitative estimate of drug-likeness (QED) is 0.317. The lowest BCUT2D eigenvalue weighted by molar-refractivity contribution is -0.113. The highest BCUT2D eigenvalue weighted by molar-refractivity contribution is 4.82. The minimum absolute atomic E-state index is 0.326. The van der Waals surface area contributed by atoms with Crippen LogP contribution in [0.15, 0.2) is 0 Å². The van der Waals surface area contributed by atoms with Gasteiger partial charge in [0.1, 0.15) is 25.8 Å². The van der Waals surface area contributed by atoms with E-state index in [0.29, 0.717) is 51.2 Å². The van der Waals surface area contributed by atoms with E-state index in [1.807, 2.05) is 0 Å². The summed E-state index contributed by atoms with van der Waals surface area (Å²) in [7, 11) is 0. The third-order valence-electron chi connectivity index (χ3n) is 6.29. The van der Waals surface area contributed by atoms with Gasteiger partial charge in [0.25, 0.3) is 0 Å². The predicted octanol–water partition coefficient (Wildman–Crippen LogP) is 2.88. The van der Waals surface area contributed by atoms with Gasteiger partial charge in [-0.2, -0.15) is 0 Å². The van der Waals surface area contributed by atoms with Gasteiger partial charge in [0, 0.05) is 0 Å². The summed E-state index contributed by atoms with van der Waals surface area (Å²) in [4.78, 5) is 0. The van der Waals surface area contributed by atoms with Gasteiger partial charge in [-0.3, -0.25) is 0 Å². The van der Waals surface area contributed by atoms with E-state index in [9.17, 15) is 0 Å². The van der Waals surface area contributed by atoms with E-state index >= 15 is 0 Å². The first-order valence-electron chi connectivity index (χ1n) is 10.5. The Balaban J connectivity index is 1.03. The fraction of sp³-hybridized carbons (Fsp3) is 1.00. The molecule has 4 aliphatic rings. The molecule has 0 N–H and O–H groups in total. The lowest BCUT2D eigenvalue weighted by atomic mass is 9.72. The Morgan fingerprint density at radius 3 is 1.31 bits per heavy atom. The maximum absolute atomic E-state index is 5.87. The minimum Gasteiger partial charge on any atom is -0.371 e. The van der Waals surface area contributed by atoms with Crippen LogP contribution in [-0.4, -0.2) is 64.4 Å². The average Bonchev–Trinajstić information content (AvgIpc) is 3.59. The van der Waals surface area contributed by atoms with Gasteiger partial charge in [-0.05, 0) is 63.2 Å². The van der Waals surface area contributed by atoms with Gasteiger partial charge >= 0.3 is 0 Å². The lowest BCUT2D eigenvalue weighted by Gasteiger charge is -2.37. The Labute approximate surface area is 156 Å². The Bertz CT molecular complexity index is 357. The average molecular weight is 370 g/mol. The minimum atomic E-state index is 0.326. The molecule has 2 saturated heterocycles. The molecule has 2 heterocycles. The molecular formula is C20H34O6. The van der Waals surface area contributed by atoms with Crippen LogP contribution in [0.25, 0.3) is 0 Å². The molecule has 0 spiro atoms. The van der Waals surface area contributed by atoms with Crippen molar-refractivity contribution in [3.8, 4) is 0 Å². The van der Waals surface area contributed by atoms with Crippen molar-refractivity contribution < 1.29 is 28.4 Å². The van der Waals surface area contributed by atoms with Crippen LogP contribution in [0, 0.1) is 11.8 Å². The summed E-state index contributed by atoms with van der Waals surface area (Å²) in [5.74, 6) is 1.75. The molecule has 0 amide bonds. The van der Waals surface area contributed by atoms with E-state index in [-0.39, 0.29) is 0 Å². The van der Waals surface area contributed by atoms with Crippen LogP contribution < -0.4 is 0 Å². The van der Waals surface area contributed by atoms with Crippen LogP contribution in [0.3, 0.4) is 0 Å². The fourth-order valence-electron chi connectivity index (χ4n) is 4.43. The summed E-state index contributed by atoms with van der Waals surface area (Å²) in [6, 6.07) is 0. The Kier molecular flexibility index (Phi) is 7.20. The first-order chi connectivity index (χ1) is 12.9. The van der Waals surface area contributed by atoms with Gasteiger partial charge in [-0.1, -0.05) is 0 Å². The molecule has 0 bridgehead atoms. The number of ether oxygens (including phenoxy) is 6. The van der Waals surface area contributed by atoms with E-state index in [1.165, 1.54) is 51.4 Å². The zero-order valence-corrected chi connectivity index (χ0v) is 15.8. The molecule has 6 heteroatoms. The first-order valence-corrected chi connectivity index (χ1v) is 10.5. The molecule has 4 rings (SSSR count). The van der Waals surface area contributed by atoms with Gasteiger partial charge in [0.15, 0.2) is 0 Å². The molecule has 0 aromatic rings. The fourth-order valence-corrected chi connectivity index (χ4v) is 4.43. The summed E-state index contributed by atoms with van der Waals surface area (Å²) in [5.41, 5.74) is 0. The van der Waals surface area contributed by atoms with Crippen molar-refractivity contribution in [2.75, 3.05) is 40.0 Å². The molecule has 2 aliphatic heterocycles. The molecule has 0 radical (unpaired) electrons. The normalized spacial score (nSPS) is 39.7. The van der Waals surface area contributed by atoms with Gasteiger partial charge in [-0.15, -0.1) is 0 Å². The van der Waals surface area contributed by atoms with Crippen LogP contribution >= 0.6 is 0 Å². The van der Waals surface area contributed by atoms with E-state index in [2.05, 4.69) is 0 Å². The third kappa shape index (κ3) is 6.43. The maximum Gasteiger partial charge on any atom is 0.147 e. The first kappa shape index (κ1) is 19.1. The highest BCUT2D eigenvalue weighted by atomic mass is 16.7. The van der Waals surface area contributed by atoms with Crippen LogP contribution in [0.2, 0.25) is 0 Å². The SMILES string of the molecule is C(OCC1CO1)OC1CCC(C2CCC(OCOCC3CO3)CC2)CC1. The van der Waals surface area contributed by atoms with Crippen molar-refractivity contribution >= 4 is 0 Å². The van der Waals surface area contributed by atoms with Crippen molar-refractivity contribution in [3.63, 3.8) is 0 Å². The van der Waals surface area contributed by atoms with Crippen molar-refractivity contribution in [1.29, 1.82) is 0 Å². The topological polar surface area (TPSA) is 62.0 Å². The number of rotatable bonds is 11. The van der Waals surface area contributed by atoms with E-state index < -0.39 is 0 Å². The molecule has 2 atom stereocenters. The Morgan fingerprint density at radius 1 is 0.577 bits per heavy atom. The van der Waals surface area contributed by atoms with E-state index in [4.69, 9.17) is 28.4 Å². The Hall–Kier alpha value is -0.240. The van der Waals surface area contributed by atoms with Crippen molar-refractivity contribution in [2.24, 2.45) is 11.8 Å². The number of hydrogen-bond donors (Lipinski definition) is 0. The second-order valence-electron chi connectivity index (χ2n) is 8.29. The molecule has 2 saturated carbocycles. The van der Waals surface area contributed by atoms with Crippen LogP contribution in [0.5, 0.6) is 0 Å². The molecule has 4 fully saturated rings. The highest BCUT2D eigenvalue weighted by Gasteiger charge is 2.31. The summed E-state index contributed by atoms with van der Waals surface area (Å²) in [6.07, 6.45) is 11.4. The van der Waals surface area contributed by atoms with Crippen LogP contribution in [0.1, 0.15) is 51.4 Å². The van der Waals surface area contributed by atoms with Crippen molar-refractivity contribution in [1.82, 2.24) is 0 Å². The summed E-state index contributed by atoms with van der Waals surface area (Å²) in [6.45, 7) is 3.90. The van der Waals surface area contributed by atoms with Gasteiger partial charge < -0.3 is 28.4 Å². The molecular weight excluding hydrogens is 336 g/mol. The molecule has 6 nitrogen and oxygen atoms in total. The zero-order valence-electron chi connectivity index (χ0n) is 15.8. The zero-order chi connectivity index (χ0) is 17.6. The van der Waals surface area contributed by atoms with Crippen molar-refractivity contribution in [3.05, 3.63) is 0 Å². The highest BCUT2D eigenvalue weighted by Crippen LogP contribution is 2.39. The largest absolute Gasteiger partial charge is 0.371 e. The second kappa shape index (κ2) is 9.80. The number of epoxide rings is 2. The Morgan fingerprint density at radius 2 is 0.962 bits per heavy atom. The third-order valence-corrected chi connectivity index (χ3v) is 6.29. The molecule has 2 unspecified atom stereocenters. The molecule has 0 aromatic heterocycles. The number of hydrogen-bond acceptors (Lipinski definition) is 6. The lowest BCUT2D eigenvalue weighted by Crippen LogP contribution is -2.31. The molecule has 26 heavy (non-hydrogen) atoms. The second-order valence-corrected chi connectivity index (χ2v) is 8.29. The van der Waals surface area contributed by atoms with Gasteiger partial charge in [0.2, 0.25) is 0 Å². The maximum atomic E-state index is 5.87. The summed E-state index contributed by atoms with van der Waals surface area (Å²) in [5, 5.41) is 0. The summed E-state index contributed by atoms with van der Waals surface area (Å²) >= 11 is 0. The molecule has 0 aromatic carbocycles. The van der Waals surface area contributed by atoms with E-state index in [1.54, 1.807) is 0 Å². The van der Waals surface area contributed by atoms with Crippen molar-refractivity contribution in [2.45, 2.75) is 75.8 Å². The smallest absolute Gasteiger partial charge is 0.147 e. The predicted molar refractivity (Wildman–Crippen MR) is 94.8 cm³/mol. The van der Waals surface area contributed by atoms with Crippen LogP contribution in [-0.2, 0) is 28.4 Å². The van der Waals surface area contributed by atoms with Gasteiger partial charge in [-0.25, -0.2) is 0 Å². The monoisotopic (exact) mass is 370 g/mol. The molecule has 150 valence electrons. The summed E-state index contributed by atoms with van der Waals surface area (Å²) < 4.78 is 33.0. The standard InChI is InChI=1S/C20H34O6/c1-5-17(25-13-21-9-19-11-23-19)6-2-15(1)16-3-7-18(8-4-16)26-14-22-10-20-12-24-20/h15-20H,1-14H2. The van der Waals surface area contributed by atoms with Gasteiger partial charge in [0.05, 0.1) is 38.6 Å². The van der Waals surface area contributed by atoms with E-state index in [0.717, 1.165) is 25.0 Å². The molecule has 2 aliphatic carbocycles.